The van der Waals surface area contributed by atoms with Crippen LogP contribution in [-0.4, -0.2) is 38.6 Å². The van der Waals surface area contributed by atoms with E-state index in [0.717, 1.165) is 0 Å². The average molecular weight is 472 g/mol. The van der Waals surface area contributed by atoms with Crippen molar-refractivity contribution in [2.24, 2.45) is 0 Å². The first-order valence-corrected chi connectivity index (χ1v) is 11.2. The summed E-state index contributed by atoms with van der Waals surface area (Å²) in [6.45, 7) is 4.37. The number of amides is 2. The molecule has 2 heterocycles. The highest BCUT2D eigenvalue weighted by Gasteiger charge is 2.22. The largest absolute Gasteiger partial charge is 0.454 e. The summed E-state index contributed by atoms with van der Waals surface area (Å²) in [5, 5.41) is 13.9. The summed E-state index contributed by atoms with van der Waals surface area (Å²) in [6.07, 6.45) is -0.00342. The van der Waals surface area contributed by atoms with Crippen LogP contribution in [0.2, 0.25) is 0 Å². The highest BCUT2D eigenvalue weighted by molar-refractivity contribution is 8.00. The third-order valence-electron chi connectivity index (χ3n) is 4.85. The fraction of sp³-hybridized carbons (Fsp3) is 0.273. The number of halogens is 1. The molecule has 0 bridgehead atoms. The zero-order chi connectivity index (χ0) is 23.4. The number of nitrogens with zero attached hydrogens (tertiary/aromatic N) is 3. The van der Waals surface area contributed by atoms with E-state index < -0.39 is 5.25 Å². The van der Waals surface area contributed by atoms with Crippen molar-refractivity contribution in [1.82, 2.24) is 14.8 Å². The molecule has 1 aliphatic heterocycles. The standard InChI is InChI=1S/C22H22FN5O4S/c1-3-28-19(11-20(29)24-15-6-4-14(23)5-7-15)26-27-22(28)33-13(2)21(30)25-16-8-9-17-18(10-16)32-12-31-17/h4-10,13H,3,11-12H2,1-2H3,(H,24,29)(H,25,30). The number of aromatic nitrogens is 3. The van der Waals surface area contributed by atoms with Gasteiger partial charge < -0.3 is 24.7 Å². The molecule has 9 nitrogen and oxygen atoms in total. The second kappa shape index (κ2) is 9.90. The molecular weight excluding hydrogens is 449 g/mol. The van der Waals surface area contributed by atoms with Crippen molar-refractivity contribution in [1.29, 1.82) is 0 Å². The van der Waals surface area contributed by atoms with Gasteiger partial charge in [-0.05, 0) is 50.2 Å². The van der Waals surface area contributed by atoms with Crippen LogP contribution in [0.3, 0.4) is 0 Å². The Labute approximate surface area is 193 Å². The number of rotatable bonds is 8. The molecule has 2 amide bonds. The molecule has 1 atom stereocenters. The van der Waals surface area contributed by atoms with Gasteiger partial charge in [-0.25, -0.2) is 4.39 Å². The van der Waals surface area contributed by atoms with Crippen LogP contribution in [0, 0.1) is 5.82 Å². The molecule has 0 aliphatic carbocycles. The topological polar surface area (TPSA) is 107 Å². The van der Waals surface area contributed by atoms with Gasteiger partial charge in [-0.15, -0.1) is 10.2 Å². The van der Waals surface area contributed by atoms with Crippen LogP contribution in [0.5, 0.6) is 11.5 Å². The summed E-state index contributed by atoms with van der Waals surface area (Å²) in [7, 11) is 0. The lowest BCUT2D eigenvalue weighted by atomic mass is 10.2. The average Bonchev–Trinajstić information content (AvgIpc) is 3.41. The number of hydrogen-bond donors (Lipinski definition) is 2. The van der Waals surface area contributed by atoms with Gasteiger partial charge in [0.25, 0.3) is 0 Å². The minimum absolute atomic E-state index is 0.00342. The fourth-order valence-electron chi connectivity index (χ4n) is 3.17. The minimum atomic E-state index is -0.467. The monoisotopic (exact) mass is 471 g/mol. The van der Waals surface area contributed by atoms with Crippen LogP contribution < -0.4 is 20.1 Å². The maximum Gasteiger partial charge on any atom is 0.237 e. The lowest BCUT2D eigenvalue weighted by Crippen LogP contribution is -2.23. The lowest BCUT2D eigenvalue weighted by molar-refractivity contribution is -0.116. The number of anilines is 2. The molecule has 0 radical (unpaired) electrons. The van der Waals surface area contributed by atoms with Crippen LogP contribution in [0.1, 0.15) is 19.7 Å². The summed E-state index contributed by atoms with van der Waals surface area (Å²) < 4.78 is 25.4. The predicted molar refractivity (Wildman–Crippen MR) is 121 cm³/mol. The van der Waals surface area contributed by atoms with Crippen molar-refractivity contribution < 1.29 is 23.5 Å². The van der Waals surface area contributed by atoms with Crippen LogP contribution in [0.4, 0.5) is 15.8 Å². The molecule has 0 saturated heterocycles. The predicted octanol–water partition coefficient (Wildman–Crippen LogP) is 3.47. The van der Waals surface area contributed by atoms with Crippen molar-refractivity contribution in [3.05, 3.63) is 54.1 Å². The molecule has 2 N–H and O–H groups in total. The molecule has 0 fully saturated rings. The van der Waals surface area contributed by atoms with E-state index in [1.807, 2.05) is 6.92 Å². The number of thioether (sulfide) groups is 1. The van der Waals surface area contributed by atoms with E-state index in [0.29, 0.717) is 40.4 Å². The van der Waals surface area contributed by atoms with Crippen LogP contribution in [0.25, 0.3) is 0 Å². The van der Waals surface area contributed by atoms with Gasteiger partial charge in [0.05, 0.1) is 11.7 Å². The zero-order valence-corrected chi connectivity index (χ0v) is 18.8. The van der Waals surface area contributed by atoms with Gasteiger partial charge in [-0.1, -0.05) is 11.8 Å². The molecule has 3 aromatic rings. The van der Waals surface area contributed by atoms with Gasteiger partial charge in [-0.3, -0.25) is 9.59 Å². The highest BCUT2D eigenvalue weighted by Crippen LogP contribution is 2.34. The Morgan fingerprint density at radius 1 is 1.09 bits per heavy atom. The van der Waals surface area contributed by atoms with Crippen molar-refractivity contribution in [2.45, 2.75) is 37.2 Å². The molecule has 0 spiro atoms. The molecular formula is C22H22FN5O4S. The Balaban J connectivity index is 1.37. The third-order valence-corrected chi connectivity index (χ3v) is 5.93. The lowest BCUT2D eigenvalue weighted by Gasteiger charge is -2.13. The number of carbonyl (C=O) groups is 2. The minimum Gasteiger partial charge on any atom is -0.454 e. The Hall–Kier alpha value is -3.60. The fourth-order valence-corrected chi connectivity index (χ4v) is 4.10. The Morgan fingerprint density at radius 2 is 1.82 bits per heavy atom. The maximum absolute atomic E-state index is 13.0. The number of hydrogen-bond acceptors (Lipinski definition) is 7. The number of nitrogens with one attached hydrogen (secondary N) is 2. The van der Waals surface area contributed by atoms with Crippen LogP contribution >= 0.6 is 11.8 Å². The summed E-state index contributed by atoms with van der Waals surface area (Å²) >= 11 is 1.25. The number of ether oxygens (including phenoxy) is 2. The van der Waals surface area contributed by atoms with E-state index in [4.69, 9.17) is 9.47 Å². The van der Waals surface area contributed by atoms with Gasteiger partial charge in [0.15, 0.2) is 16.7 Å². The molecule has 33 heavy (non-hydrogen) atoms. The van der Waals surface area contributed by atoms with E-state index in [9.17, 15) is 14.0 Å². The molecule has 1 aromatic heterocycles. The summed E-state index contributed by atoms with van der Waals surface area (Å²) in [5.74, 6) is 0.818. The molecule has 1 unspecified atom stereocenters. The number of fused-ring (bicyclic) bond motifs is 1. The quantitative estimate of drug-likeness (QED) is 0.485. The zero-order valence-electron chi connectivity index (χ0n) is 18.0. The van der Waals surface area contributed by atoms with Crippen molar-refractivity contribution in [3.8, 4) is 11.5 Å². The molecule has 4 rings (SSSR count). The van der Waals surface area contributed by atoms with Crippen molar-refractivity contribution in [2.75, 3.05) is 17.4 Å². The number of benzene rings is 2. The third kappa shape index (κ3) is 5.43. The van der Waals surface area contributed by atoms with Crippen molar-refractivity contribution in [3.63, 3.8) is 0 Å². The summed E-state index contributed by atoms with van der Waals surface area (Å²) in [5.41, 5.74) is 1.10. The van der Waals surface area contributed by atoms with E-state index >= 15 is 0 Å². The van der Waals surface area contributed by atoms with E-state index in [-0.39, 0.29) is 30.8 Å². The van der Waals surface area contributed by atoms with Gasteiger partial charge >= 0.3 is 0 Å². The second-order valence-corrected chi connectivity index (χ2v) is 8.50. The first kappa shape index (κ1) is 22.6. The Bertz CT molecular complexity index is 1170. The molecule has 2 aromatic carbocycles. The van der Waals surface area contributed by atoms with Gasteiger partial charge in [0.2, 0.25) is 18.6 Å². The SMILES string of the molecule is CCn1c(CC(=O)Nc2ccc(F)cc2)nnc1SC(C)C(=O)Nc1ccc2c(c1)OCO2. The summed E-state index contributed by atoms with van der Waals surface area (Å²) in [6, 6.07) is 10.7. The molecule has 0 saturated carbocycles. The van der Waals surface area contributed by atoms with Crippen LogP contribution in [0.15, 0.2) is 47.6 Å². The van der Waals surface area contributed by atoms with Crippen molar-refractivity contribution >= 4 is 35.0 Å². The first-order valence-electron chi connectivity index (χ1n) is 10.3. The Morgan fingerprint density at radius 3 is 2.58 bits per heavy atom. The molecule has 11 heteroatoms. The van der Waals surface area contributed by atoms with E-state index in [2.05, 4.69) is 20.8 Å². The smallest absolute Gasteiger partial charge is 0.237 e. The van der Waals surface area contributed by atoms with E-state index in [1.165, 1.54) is 36.0 Å². The van der Waals surface area contributed by atoms with Gasteiger partial charge in [-0.2, -0.15) is 0 Å². The molecule has 172 valence electrons. The maximum atomic E-state index is 13.0. The highest BCUT2D eigenvalue weighted by atomic mass is 32.2. The normalized spacial score (nSPS) is 12.9. The number of carbonyl (C=O) groups excluding carboxylic acids is 2. The van der Waals surface area contributed by atoms with Crippen LogP contribution in [-0.2, 0) is 22.6 Å². The Kier molecular flexibility index (Phi) is 6.78. The van der Waals surface area contributed by atoms with Gasteiger partial charge in [0.1, 0.15) is 11.6 Å². The second-order valence-electron chi connectivity index (χ2n) is 7.19. The van der Waals surface area contributed by atoms with Gasteiger partial charge in [0, 0.05) is 24.0 Å². The van der Waals surface area contributed by atoms with E-state index in [1.54, 1.807) is 29.7 Å². The molecule has 1 aliphatic rings. The first-order chi connectivity index (χ1) is 15.9. The summed E-state index contributed by atoms with van der Waals surface area (Å²) in [4.78, 5) is 25.1.